The van der Waals surface area contributed by atoms with E-state index >= 15 is 0 Å². The van der Waals surface area contributed by atoms with Crippen LogP contribution < -0.4 is 10.5 Å². The predicted octanol–water partition coefficient (Wildman–Crippen LogP) is 3.73. The molecule has 0 amide bonds. The third-order valence-electron chi connectivity index (χ3n) is 3.87. The number of nitrogens with two attached hydrogens (primary N) is 1. The molecule has 0 spiro atoms. The molecule has 0 aliphatic heterocycles. The largest absolute Gasteiger partial charge is 0.497 e. The van der Waals surface area contributed by atoms with E-state index in [-0.39, 0.29) is 5.54 Å². The van der Waals surface area contributed by atoms with Gasteiger partial charge in [-0.05, 0) is 61.6 Å². The molecule has 0 fully saturated rings. The van der Waals surface area contributed by atoms with Crippen molar-refractivity contribution in [3.63, 3.8) is 0 Å². The van der Waals surface area contributed by atoms with Crippen LogP contribution in [0.2, 0.25) is 0 Å². The van der Waals surface area contributed by atoms with Gasteiger partial charge < -0.3 is 10.5 Å². The highest BCUT2D eigenvalue weighted by Crippen LogP contribution is 2.26. The summed E-state index contributed by atoms with van der Waals surface area (Å²) in [5, 5.41) is 0. The van der Waals surface area contributed by atoms with Crippen LogP contribution in [0.4, 0.5) is 0 Å². The SMILES string of the molecule is COc1cccc(CC(C)(N)c2ccc(C)c(C)c2)c1. The molecule has 0 aliphatic rings. The van der Waals surface area contributed by atoms with Gasteiger partial charge in [0.15, 0.2) is 0 Å². The van der Waals surface area contributed by atoms with Gasteiger partial charge in [0.1, 0.15) is 5.75 Å². The van der Waals surface area contributed by atoms with E-state index in [0.29, 0.717) is 0 Å². The van der Waals surface area contributed by atoms with Crippen molar-refractivity contribution in [1.29, 1.82) is 0 Å². The first-order valence-corrected chi connectivity index (χ1v) is 6.92. The van der Waals surface area contributed by atoms with Crippen LogP contribution in [0, 0.1) is 13.8 Å². The second-order valence-electron chi connectivity index (χ2n) is 5.74. The lowest BCUT2D eigenvalue weighted by Gasteiger charge is -2.26. The lowest BCUT2D eigenvalue weighted by Crippen LogP contribution is -2.35. The van der Waals surface area contributed by atoms with Gasteiger partial charge in [0.25, 0.3) is 0 Å². The summed E-state index contributed by atoms with van der Waals surface area (Å²) in [7, 11) is 1.68. The number of methoxy groups -OCH3 is 1. The fourth-order valence-corrected chi connectivity index (χ4v) is 2.41. The molecule has 2 heteroatoms. The first kappa shape index (κ1) is 14.6. The molecule has 0 radical (unpaired) electrons. The van der Waals surface area contributed by atoms with Gasteiger partial charge in [0.05, 0.1) is 7.11 Å². The Balaban J connectivity index is 2.27. The molecular formula is C18H23NO. The fraction of sp³-hybridized carbons (Fsp3) is 0.333. The van der Waals surface area contributed by atoms with E-state index < -0.39 is 0 Å². The Bertz CT molecular complexity index is 602. The average molecular weight is 269 g/mol. The van der Waals surface area contributed by atoms with Crippen molar-refractivity contribution in [2.45, 2.75) is 32.7 Å². The van der Waals surface area contributed by atoms with Crippen molar-refractivity contribution in [2.75, 3.05) is 7.11 Å². The first-order valence-electron chi connectivity index (χ1n) is 6.92. The molecule has 2 nitrogen and oxygen atoms in total. The Morgan fingerprint density at radius 1 is 1.05 bits per heavy atom. The molecule has 106 valence electrons. The lowest BCUT2D eigenvalue weighted by atomic mass is 9.85. The van der Waals surface area contributed by atoms with Crippen molar-refractivity contribution < 1.29 is 4.74 Å². The van der Waals surface area contributed by atoms with E-state index in [0.717, 1.165) is 12.2 Å². The van der Waals surface area contributed by atoms with Crippen LogP contribution in [-0.2, 0) is 12.0 Å². The number of rotatable bonds is 4. The lowest BCUT2D eigenvalue weighted by molar-refractivity contribution is 0.413. The normalized spacial score (nSPS) is 13.8. The third-order valence-corrected chi connectivity index (χ3v) is 3.87. The van der Waals surface area contributed by atoms with E-state index in [4.69, 9.17) is 10.5 Å². The average Bonchev–Trinajstić information content (AvgIpc) is 2.41. The standard InChI is InChI=1S/C18H23NO/c1-13-8-9-16(10-14(13)2)18(3,19)12-15-6-5-7-17(11-15)20-4/h5-11H,12,19H2,1-4H3. The predicted molar refractivity (Wildman–Crippen MR) is 84.2 cm³/mol. The van der Waals surface area contributed by atoms with E-state index in [9.17, 15) is 0 Å². The number of hydrogen-bond acceptors (Lipinski definition) is 2. The van der Waals surface area contributed by atoms with Crippen LogP contribution in [0.1, 0.15) is 29.2 Å². The highest BCUT2D eigenvalue weighted by Gasteiger charge is 2.22. The molecule has 2 N–H and O–H groups in total. The summed E-state index contributed by atoms with van der Waals surface area (Å²) in [6, 6.07) is 14.6. The van der Waals surface area contributed by atoms with E-state index in [1.807, 2.05) is 18.2 Å². The maximum Gasteiger partial charge on any atom is 0.119 e. The molecule has 2 rings (SSSR count). The molecule has 1 atom stereocenters. The van der Waals surface area contributed by atoms with Gasteiger partial charge in [-0.3, -0.25) is 0 Å². The maximum atomic E-state index is 6.54. The van der Waals surface area contributed by atoms with Crippen LogP contribution in [0.25, 0.3) is 0 Å². The molecule has 20 heavy (non-hydrogen) atoms. The summed E-state index contributed by atoms with van der Waals surface area (Å²) in [5.41, 5.74) is 11.1. The Kier molecular flexibility index (Phi) is 4.15. The Hall–Kier alpha value is -1.80. The van der Waals surface area contributed by atoms with Gasteiger partial charge in [-0.2, -0.15) is 0 Å². The zero-order valence-corrected chi connectivity index (χ0v) is 12.7. The fourth-order valence-electron chi connectivity index (χ4n) is 2.41. The summed E-state index contributed by atoms with van der Waals surface area (Å²) in [6.07, 6.45) is 0.784. The quantitative estimate of drug-likeness (QED) is 0.918. The summed E-state index contributed by atoms with van der Waals surface area (Å²) in [4.78, 5) is 0. The van der Waals surface area contributed by atoms with Crippen LogP contribution >= 0.6 is 0 Å². The second kappa shape index (κ2) is 5.68. The summed E-state index contributed by atoms with van der Waals surface area (Å²) < 4.78 is 5.27. The topological polar surface area (TPSA) is 35.2 Å². The van der Waals surface area contributed by atoms with Crippen molar-refractivity contribution in [2.24, 2.45) is 5.73 Å². The molecule has 1 unspecified atom stereocenters. The van der Waals surface area contributed by atoms with Crippen LogP contribution in [0.5, 0.6) is 5.75 Å². The number of ether oxygens (including phenoxy) is 1. The van der Waals surface area contributed by atoms with Crippen molar-refractivity contribution in [1.82, 2.24) is 0 Å². The van der Waals surface area contributed by atoms with Crippen molar-refractivity contribution >= 4 is 0 Å². The molecular weight excluding hydrogens is 246 g/mol. The minimum atomic E-state index is -0.384. The molecule has 0 aliphatic carbocycles. The van der Waals surface area contributed by atoms with E-state index in [1.54, 1.807) is 7.11 Å². The van der Waals surface area contributed by atoms with Crippen LogP contribution in [-0.4, -0.2) is 7.11 Å². The van der Waals surface area contributed by atoms with Gasteiger partial charge in [-0.1, -0.05) is 30.3 Å². The number of aryl methyl sites for hydroxylation is 2. The van der Waals surface area contributed by atoms with E-state index in [1.165, 1.54) is 22.3 Å². The van der Waals surface area contributed by atoms with Gasteiger partial charge in [-0.15, -0.1) is 0 Å². The van der Waals surface area contributed by atoms with Gasteiger partial charge in [-0.25, -0.2) is 0 Å². The molecule has 0 saturated carbocycles. The zero-order chi connectivity index (χ0) is 14.8. The zero-order valence-electron chi connectivity index (χ0n) is 12.7. The summed E-state index contributed by atoms with van der Waals surface area (Å²) in [5.74, 6) is 0.874. The smallest absolute Gasteiger partial charge is 0.119 e. The van der Waals surface area contributed by atoms with Crippen molar-refractivity contribution in [3.8, 4) is 5.75 Å². The molecule has 2 aromatic carbocycles. The van der Waals surface area contributed by atoms with Crippen molar-refractivity contribution in [3.05, 3.63) is 64.7 Å². The minimum Gasteiger partial charge on any atom is -0.497 e. The van der Waals surface area contributed by atoms with Crippen LogP contribution in [0.3, 0.4) is 0 Å². The molecule has 2 aromatic rings. The van der Waals surface area contributed by atoms with Gasteiger partial charge >= 0.3 is 0 Å². The summed E-state index contributed by atoms with van der Waals surface area (Å²) >= 11 is 0. The second-order valence-corrected chi connectivity index (χ2v) is 5.74. The minimum absolute atomic E-state index is 0.384. The Morgan fingerprint density at radius 3 is 2.45 bits per heavy atom. The number of benzene rings is 2. The highest BCUT2D eigenvalue weighted by molar-refractivity contribution is 5.36. The Labute approximate surface area is 121 Å². The third kappa shape index (κ3) is 3.20. The Morgan fingerprint density at radius 2 is 1.80 bits per heavy atom. The summed E-state index contributed by atoms with van der Waals surface area (Å²) in [6.45, 7) is 6.33. The highest BCUT2D eigenvalue weighted by atomic mass is 16.5. The monoisotopic (exact) mass is 269 g/mol. The molecule has 0 aromatic heterocycles. The van der Waals surface area contributed by atoms with Gasteiger partial charge in [0.2, 0.25) is 0 Å². The first-order chi connectivity index (χ1) is 9.42. The van der Waals surface area contributed by atoms with E-state index in [2.05, 4.69) is 45.0 Å². The number of hydrogen-bond donors (Lipinski definition) is 1. The molecule has 0 heterocycles. The van der Waals surface area contributed by atoms with Crippen LogP contribution in [0.15, 0.2) is 42.5 Å². The van der Waals surface area contributed by atoms with Gasteiger partial charge in [0, 0.05) is 5.54 Å². The maximum absolute atomic E-state index is 6.54. The molecule has 0 bridgehead atoms. The molecule has 0 saturated heterocycles.